The van der Waals surface area contributed by atoms with E-state index in [1.807, 2.05) is 30.3 Å². The normalized spacial score (nSPS) is 10.8. The van der Waals surface area contributed by atoms with Crippen LogP contribution in [0.4, 0.5) is 0 Å². The molecular formula is C13H11N2O+. The van der Waals surface area contributed by atoms with Crippen LogP contribution < -0.4 is 4.73 Å². The van der Waals surface area contributed by atoms with Gasteiger partial charge in [-0.2, -0.15) is 0 Å². The van der Waals surface area contributed by atoms with E-state index in [9.17, 15) is 5.21 Å². The number of hydrogen-bond acceptors (Lipinski definition) is 1. The zero-order valence-corrected chi connectivity index (χ0v) is 8.59. The minimum absolute atomic E-state index is 0.691. The first-order valence-corrected chi connectivity index (χ1v) is 5.13. The van der Waals surface area contributed by atoms with Crippen LogP contribution in [0, 0.1) is 0 Å². The second-order valence-corrected chi connectivity index (χ2v) is 3.68. The molecule has 3 rings (SSSR count). The zero-order chi connectivity index (χ0) is 11.0. The van der Waals surface area contributed by atoms with Crippen LogP contribution in [0.5, 0.6) is 0 Å². The number of imidazole rings is 1. The summed E-state index contributed by atoms with van der Waals surface area (Å²) in [5, 5.41) is 11.9. The molecular weight excluding hydrogens is 200 g/mol. The minimum atomic E-state index is 0.691. The van der Waals surface area contributed by atoms with E-state index >= 15 is 0 Å². The smallest absolute Gasteiger partial charge is 0.326 e. The van der Waals surface area contributed by atoms with Crippen LogP contribution in [0.1, 0.15) is 0 Å². The monoisotopic (exact) mass is 211 g/mol. The maximum absolute atomic E-state index is 9.65. The van der Waals surface area contributed by atoms with Crippen LogP contribution in [0.3, 0.4) is 0 Å². The topological polar surface area (TPSA) is 39.9 Å². The van der Waals surface area contributed by atoms with Gasteiger partial charge in [-0.3, -0.25) is 0 Å². The number of nitrogens with zero attached hydrogens (tertiary/aromatic N) is 1. The van der Waals surface area contributed by atoms with E-state index in [0.717, 1.165) is 21.1 Å². The second-order valence-electron chi connectivity index (χ2n) is 3.68. The number of aromatic nitrogens is 2. The highest BCUT2D eigenvalue weighted by Gasteiger charge is 2.14. The van der Waals surface area contributed by atoms with Crippen molar-refractivity contribution in [3.05, 3.63) is 54.9 Å². The molecule has 16 heavy (non-hydrogen) atoms. The highest BCUT2D eigenvalue weighted by atomic mass is 16.5. The molecule has 0 amide bonds. The molecule has 0 aliphatic heterocycles. The molecule has 0 radical (unpaired) electrons. The van der Waals surface area contributed by atoms with Gasteiger partial charge in [-0.15, -0.1) is 0 Å². The van der Waals surface area contributed by atoms with Crippen LogP contribution in [-0.2, 0) is 0 Å². The molecule has 2 aromatic carbocycles. The van der Waals surface area contributed by atoms with Crippen molar-refractivity contribution in [2.75, 3.05) is 0 Å². The second kappa shape index (κ2) is 3.38. The molecule has 2 N–H and O–H groups in total. The number of nitrogens with one attached hydrogen (secondary N) is 1. The van der Waals surface area contributed by atoms with Gasteiger partial charge in [0.25, 0.3) is 0 Å². The van der Waals surface area contributed by atoms with Crippen molar-refractivity contribution < 1.29 is 9.94 Å². The van der Waals surface area contributed by atoms with E-state index < -0.39 is 0 Å². The summed E-state index contributed by atoms with van der Waals surface area (Å²) >= 11 is 0. The fourth-order valence-corrected chi connectivity index (χ4v) is 1.96. The van der Waals surface area contributed by atoms with Gasteiger partial charge in [-0.25, -0.2) is 4.98 Å². The fraction of sp³-hybridized carbons (Fsp3) is 0. The van der Waals surface area contributed by atoms with Crippen molar-refractivity contribution in [3.8, 4) is 11.4 Å². The third-order valence-electron chi connectivity index (χ3n) is 2.71. The van der Waals surface area contributed by atoms with Gasteiger partial charge in [0.15, 0.2) is 6.20 Å². The molecule has 78 valence electrons. The third-order valence-corrected chi connectivity index (χ3v) is 2.71. The quantitative estimate of drug-likeness (QED) is 0.470. The maximum atomic E-state index is 9.65. The first-order chi connectivity index (χ1) is 7.86. The van der Waals surface area contributed by atoms with E-state index in [1.54, 1.807) is 12.4 Å². The Kier molecular flexibility index (Phi) is 1.90. The summed E-state index contributed by atoms with van der Waals surface area (Å²) in [5.74, 6) is 0.691. The van der Waals surface area contributed by atoms with E-state index in [-0.39, 0.29) is 0 Å². The molecule has 3 heteroatoms. The molecule has 0 aliphatic rings. The van der Waals surface area contributed by atoms with Crippen molar-refractivity contribution in [1.82, 2.24) is 4.98 Å². The lowest BCUT2D eigenvalue weighted by molar-refractivity contribution is -0.895. The first kappa shape index (κ1) is 8.97. The Bertz CT molecular complexity index is 638. The number of hydrogen-bond donors (Lipinski definition) is 2. The highest BCUT2D eigenvalue weighted by molar-refractivity contribution is 5.94. The lowest BCUT2D eigenvalue weighted by Gasteiger charge is -2.01. The molecule has 0 unspecified atom stereocenters. The Morgan fingerprint density at radius 1 is 1.00 bits per heavy atom. The fourth-order valence-electron chi connectivity index (χ4n) is 1.96. The first-order valence-electron chi connectivity index (χ1n) is 5.13. The van der Waals surface area contributed by atoms with E-state index in [0.29, 0.717) is 5.82 Å². The summed E-state index contributed by atoms with van der Waals surface area (Å²) in [7, 11) is 0. The minimum Gasteiger partial charge on any atom is -0.350 e. The van der Waals surface area contributed by atoms with Gasteiger partial charge in [0, 0.05) is 0 Å². The third kappa shape index (κ3) is 1.26. The molecule has 1 heterocycles. The molecule has 0 fully saturated rings. The number of benzene rings is 2. The lowest BCUT2D eigenvalue weighted by Crippen LogP contribution is -2.29. The maximum Gasteiger partial charge on any atom is 0.326 e. The zero-order valence-electron chi connectivity index (χ0n) is 8.59. The van der Waals surface area contributed by atoms with Crippen molar-refractivity contribution in [2.45, 2.75) is 0 Å². The molecule has 3 nitrogen and oxygen atoms in total. The van der Waals surface area contributed by atoms with Crippen LogP contribution >= 0.6 is 0 Å². The summed E-state index contributed by atoms with van der Waals surface area (Å²) < 4.78 is 1.10. The van der Waals surface area contributed by atoms with Gasteiger partial charge < -0.3 is 5.21 Å². The summed E-state index contributed by atoms with van der Waals surface area (Å²) in [6.07, 6.45) is 3.29. The number of H-pyrrole nitrogens is 1. The van der Waals surface area contributed by atoms with Gasteiger partial charge >= 0.3 is 5.82 Å². The average Bonchev–Trinajstić information content (AvgIpc) is 2.75. The summed E-state index contributed by atoms with van der Waals surface area (Å²) in [5.41, 5.74) is 0.991. The van der Waals surface area contributed by atoms with Crippen LogP contribution in [-0.4, -0.2) is 10.2 Å². The Morgan fingerprint density at radius 3 is 2.62 bits per heavy atom. The van der Waals surface area contributed by atoms with Gasteiger partial charge in [-0.1, -0.05) is 36.4 Å². The van der Waals surface area contributed by atoms with Crippen molar-refractivity contribution in [1.29, 1.82) is 0 Å². The Balaban J connectivity index is 2.36. The van der Waals surface area contributed by atoms with Gasteiger partial charge in [0.1, 0.15) is 6.20 Å². The number of rotatable bonds is 1. The molecule has 0 saturated heterocycles. The molecule has 3 aromatic rings. The number of aromatic amines is 1. The van der Waals surface area contributed by atoms with Gasteiger partial charge in [0.05, 0.1) is 5.56 Å². The highest BCUT2D eigenvalue weighted by Crippen LogP contribution is 2.24. The Labute approximate surface area is 92.6 Å². The molecule has 0 aliphatic carbocycles. The van der Waals surface area contributed by atoms with Crippen molar-refractivity contribution >= 4 is 10.8 Å². The SMILES string of the molecule is O[n+]1cc[nH]c1-c1cccc2ccccc12. The Morgan fingerprint density at radius 2 is 1.81 bits per heavy atom. The standard InChI is InChI=1S/C13H10N2O/c16-15-9-8-14-13(15)12-7-3-5-10-4-1-2-6-11(10)12/h1-9,16H/p+1. The van der Waals surface area contributed by atoms with E-state index in [1.165, 1.54) is 0 Å². The van der Waals surface area contributed by atoms with Gasteiger partial charge in [-0.05, 0) is 21.6 Å². The molecule has 0 atom stereocenters. The molecule has 0 saturated carbocycles. The van der Waals surface area contributed by atoms with E-state index in [2.05, 4.69) is 17.1 Å². The van der Waals surface area contributed by atoms with Crippen molar-refractivity contribution in [2.24, 2.45) is 0 Å². The Hall–Kier alpha value is -2.29. The van der Waals surface area contributed by atoms with Crippen LogP contribution in [0.25, 0.3) is 22.2 Å². The van der Waals surface area contributed by atoms with E-state index in [4.69, 9.17) is 0 Å². The lowest BCUT2D eigenvalue weighted by atomic mass is 10.0. The van der Waals surface area contributed by atoms with Crippen molar-refractivity contribution in [3.63, 3.8) is 0 Å². The van der Waals surface area contributed by atoms with Gasteiger partial charge in [0.2, 0.25) is 0 Å². The molecule has 0 bridgehead atoms. The summed E-state index contributed by atoms with van der Waals surface area (Å²) in [4.78, 5) is 3.03. The molecule has 1 aromatic heterocycles. The molecule has 0 spiro atoms. The van der Waals surface area contributed by atoms with Crippen LogP contribution in [0.2, 0.25) is 0 Å². The predicted molar refractivity (Wildman–Crippen MR) is 61.1 cm³/mol. The summed E-state index contributed by atoms with van der Waals surface area (Å²) in [6.45, 7) is 0. The average molecular weight is 211 g/mol. The predicted octanol–water partition coefficient (Wildman–Crippen LogP) is 2.36. The largest absolute Gasteiger partial charge is 0.350 e. The van der Waals surface area contributed by atoms with Crippen LogP contribution in [0.15, 0.2) is 54.9 Å². The number of fused-ring (bicyclic) bond motifs is 1. The summed E-state index contributed by atoms with van der Waals surface area (Å²) in [6, 6.07) is 14.1.